The van der Waals surface area contributed by atoms with Crippen molar-refractivity contribution in [2.75, 3.05) is 0 Å². The molecule has 0 amide bonds. The number of hydrogen-bond acceptors (Lipinski definition) is 1. The molecule has 0 spiro atoms. The minimum atomic E-state index is -0.216. The molecule has 2 heteroatoms. The molecular weight excluding hydrogens is 227 g/mol. The summed E-state index contributed by atoms with van der Waals surface area (Å²) in [5, 5.41) is 0. The van der Waals surface area contributed by atoms with Gasteiger partial charge >= 0.3 is 0 Å². The summed E-state index contributed by atoms with van der Waals surface area (Å²) in [5.74, 6) is 1.33. The van der Waals surface area contributed by atoms with Gasteiger partial charge in [-0.2, -0.15) is 0 Å². The Hall–Kier alpha value is -1.83. The first-order valence-corrected chi connectivity index (χ1v) is 6.29. The molecule has 2 aromatic carbocycles. The SMILES string of the molecule is Fc1ccccc1COc1ccc(C2CC2)cc1. The largest absolute Gasteiger partial charge is 0.489 e. The van der Waals surface area contributed by atoms with Gasteiger partial charge in [-0.15, -0.1) is 0 Å². The van der Waals surface area contributed by atoms with Crippen molar-refractivity contribution < 1.29 is 9.13 Å². The normalized spacial score (nSPS) is 14.5. The average molecular weight is 242 g/mol. The van der Waals surface area contributed by atoms with E-state index in [-0.39, 0.29) is 12.4 Å². The molecule has 0 atom stereocenters. The van der Waals surface area contributed by atoms with Gasteiger partial charge in [-0.3, -0.25) is 0 Å². The molecule has 3 rings (SSSR count). The monoisotopic (exact) mass is 242 g/mol. The first-order valence-electron chi connectivity index (χ1n) is 6.29. The Morgan fingerprint density at radius 2 is 1.72 bits per heavy atom. The van der Waals surface area contributed by atoms with E-state index in [1.165, 1.54) is 24.5 Å². The summed E-state index contributed by atoms with van der Waals surface area (Å²) in [5.41, 5.74) is 1.97. The molecule has 2 aromatic rings. The van der Waals surface area contributed by atoms with Crippen LogP contribution in [-0.4, -0.2) is 0 Å². The van der Waals surface area contributed by atoms with E-state index in [0.717, 1.165) is 11.7 Å². The van der Waals surface area contributed by atoms with Crippen LogP contribution in [-0.2, 0) is 6.61 Å². The quantitative estimate of drug-likeness (QED) is 0.777. The minimum absolute atomic E-state index is 0.216. The van der Waals surface area contributed by atoms with Crippen molar-refractivity contribution >= 4 is 0 Å². The molecule has 1 aliphatic carbocycles. The second-order valence-electron chi connectivity index (χ2n) is 4.72. The molecule has 0 heterocycles. The fraction of sp³-hybridized carbons (Fsp3) is 0.250. The molecule has 0 saturated heterocycles. The lowest BCUT2D eigenvalue weighted by Gasteiger charge is -2.07. The van der Waals surface area contributed by atoms with Crippen LogP contribution < -0.4 is 4.74 Å². The number of hydrogen-bond donors (Lipinski definition) is 0. The minimum Gasteiger partial charge on any atom is -0.489 e. The molecule has 0 unspecified atom stereocenters. The lowest BCUT2D eigenvalue weighted by atomic mass is 10.1. The van der Waals surface area contributed by atoms with Gasteiger partial charge in [0, 0.05) is 5.56 Å². The number of halogens is 1. The Labute approximate surface area is 106 Å². The zero-order chi connectivity index (χ0) is 12.4. The summed E-state index contributed by atoms with van der Waals surface area (Å²) < 4.78 is 19.0. The van der Waals surface area contributed by atoms with Crippen molar-refractivity contribution in [3.05, 3.63) is 65.5 Å². The van der Waals surface area contributed by atoms with Crippen LogP contribution in [0.5, 0.6) is 5.75 Å². The van der Waals surface area contributed by atoms with Crippen molar-refractivity contribution in [3.63, 3.8) is 0 Å². The fourth-order valence-corrected chi connectivity index (χ4v) is 2.03. The third kappa shape index (κ3) is 2.53. The number of ether oxygens (including phenoxy) is 1. The van der Waals surface area contributed by atoms with Gasteiger partial charge < -0.3 is 4.74 Å². The van der Waals surface area contributed by atoms with Gasteiger partial charge in [0.05, 0.1) is 0 Å². The molecule has 1 aliphatic rings. The Balaban J connectivity index is 1.64. The molecule has 0 bridgehead atoms. The average Bonchev–Trinajstić information content (AvgIpc) is 3.23. The van der Waals surface area contributed by atoms with Gasteiger partial charge in [0.25, 0.3) is 0 Å². The van der Waals surface area contributed by atoms with Crippen LogP contribution in [0.3, 0.4) is 0 Å². The molecule has 0 N–H and O–H groups in total. The highest BCUT2D eigenvalue weighted by atomic mass is 19.1. The Morgan fingerprint density at radius 1 is 1.00 bits per heavy atom. The van der Waals surface area contributed by atoms with E-state index in [2.05, 4.69) is 12.1 Å². The van der Waals surface area contributed by atoms with Crippen LogP contribution in [0.4, 0.5) is 4.39 Å². The maximum atomic E-state index is 13.4. The summed E-state index contributed by atoms with van der Waals surface area (Å²) >= 11 is 0. The second kappa shape index (κ2) is 4.81. The molecule has 1 nitrogen and oxygen atoms in total. The Bertz CT molecular complexity index is 529. The van der Waals surface area contributed by atoms with Crippen LogP contribution in [0, 0.1) is 5.82 Å². The van der Waals surface area contributed by atoms with Crippen molar-refractivity contribution in [1.29, 1.82) is 0 Å². The summed E-state index contributed by atoms with van der Waals surface area (Å²) in [6.45, 7) is 0.273. The Morgan fingerprint density at radius 3 is 2.39 bits per heavy atom. The van der Waals surface area contributed by atoms with E-state index in [0.29, 0.717) is 5.56 Å². The maximum absolute atomic E-state index is 13.4. The number of rotatable bonds is 4. The molecule has 1 fully saturated rings. The molecule has 0 radical (unpaired) electrons. The van der Waals surface area contributed by atoms with Crippen molar-refractivity contribution in [3.8, 4) is 5.75 Å². The summed E-state index contributed by atoms with van der Waals surface area (Å²) in [6.07, 6.45) is 2.60. The third-order valence-electron chi connectivity index (χ3n) is 3.28. The summed E-state index contributed by atoms with van der Waals surface area (Å²) in [7, 11) is 0. The van der Waals surface area contributed by atoms with Gasteiger partial charge in [-0.1, -0.05) is 30.3 Å². The summed E-state index contributed by atoms with van der Waals surface area (Å²) in [4.78, 5) is 0. The highest BCUT2D eigenvalue weighted by molar-refractivity contribution is 5.31. The van der Waals surface area contributed by atoms with E-state index in [1.807, 2.05) is 18.2 Å². The van der Waals surface area contributed by atoms with Crippen molar-refractivity contribution in [1.82, 2.24) is 0 Å². The van der Waals surface area contributed by atoms with Crippen LogP contribution in [0.25, 0.3) is 0 Å². The molecular formula is C16H15FO. The van der Waals surface area contributed by atoms with Crippen LogP contribution in [0.2, 0.25) is 0 Å². The lowest BCUT2D eigenvalue weighted by molar-refractivity contribution is 0.300. The fourth-order valence-electron chi connectivity index (χ4n) is 2.03. The van der Waals surface area contributed by atoms with Crippen LogP contribution in [0.15, 0.2) is 48.5 Å². The van der Waals surface area contributed by atoms with E-state index >= 15 is 0 Å². The first kappa shape index (κ1) is 11.3. The standard InChI is InChI=1S/C16H15FO/c17-16-4-2-1-3-14(16)11-18-15-9-7-13(8-10-15)12-5-6-12/h1-4,7-10,12H,5-6,11H2. The van der Waals surface area contributed by atoms with E-state index in [1.54, 1.807) is 12.1 Å². The zero-order valence-corrected chi connectivity index (χ0v) is 10.1. The van der Waals surface area contributed by atoms with Gasteiger partial charge in [0.1, 0.15) is 18.2 Å². The van der Waals surface area contributed by atoms with Gasteiger partial charge in [-0.25, -0.2) is 4.39 Å². The van der Waals surface area contributed by atoms with E-state index in [4.69, 9.17) is 4.74 Å². The van der Waals surface area contributed by atoms with Gasteiger partial charge in [0.15, 0.2) is 0 Å². The molecule has 1 saturated carbocycles. The third-order valence-corrected chi connectivity index (χ3v) is 3.28. The van der Waals surface area contributed by atoms with E-state index < -0.39 is 0 Å². The van der Waals surface area contributed by atoms with Crippen LogP contribution >= 0.6 is 0 Å². The second-order valence-corrected chi connectivity index (χ2v) is 4.72. The maximum Gasteiger partial charge on any atom is 0.129 e. The summed E-state index contributed by atoms with van der Waals surface area (Å²) in [6, 6.07) is 14.8. The van der Waals surface area contributed by atoms with Gasteiger partial charge in [-0.05, 0) is 42.5 Å². The van der Waals surface area contributed by atoms with Crippen LogP contribution in [0.1, 0.15) is 29.9 Å². The zero-order valence-electron chi connectivity index (χ0n) is 10.1. The molecule has 0 aromatic heterocycles. The highest BCUT2D eigenvalue weighted by Gasteiger charge is 2.22. The number of benzene rings is 2. The van der Waals surface area contributed by atoms with Crippen molar-refractivity contribution in [2.24, 2.45) is 0 Å². The first-order chi connectivity index (χ1) is 8.83. The lowest BCUT2D eigenvalue weighted by Crippen LogP contribution is -1.98. The van der Waals surface area contributed by atoms with E-state index in [9.17, 15) is 4.39 Å². The predicted octanol–water partition coefficient (Wildman–Crippen LogP) is 4.28. The molecule has 0 aliphatic heterocycles. The topological polar surface area (TPSA) is 9.23 Å². The van der Waals surface area contributed by atoms with Crippen molar-refractivity contribution in [2.45, 2.75) is 25.4 Å². The molecule has 18 heavy (non-hydrogen) atoms. The van der Waals surface area contributed by atoms with Gasteiger partial charge in [0.2, 0.25) is 0 Å². The highest BCUT2D eigenvalue weighted by Crippen LogP contribution is 2.40. The molecule has 92 valence electrons. The Kier molecular flexibility index (Phi) is 3.01. The smallest absolute Gasteiger partial charge is 0.129 e. The predicted molar refractivity (Wildman–Crippen MR) is 69.1 cm³/mol.